The summed E-state index contributed by atoms with van der Waals surface area (Å²) in [6, 6.07) is -1.52. The molecule has 0 aliphatic carbocycles. The maximum absolute atomic E-state index is 14.0. The standard InChI is InChI=1S/C24H34N2O6/c1-6-15(14-27)26-18-20(29)25(22(2,3)4)12-9-11-24(18)16(19(26)28)17-21(30)31-13-8-7-10-23(17,5)32-24/h7,9-11,15-18,27H,6,8,12-14H2,1-5H3/t15-,16-,17+,18?,23-,24-/m0/s1. The predicted octanol–water partition coefficient (Wildman–Crippen LogP) is 1.43. The summed E-state index contributed by atoms with van der Waals surface area (Å²) in [6.45, 7) is 9.83. The molecule has 1 N–H and O–H groups in total. The van der Waals surface area contributed by atoms with Gasteiger partial charge in [-0.2, -0.15) is 0 Å². The van der Waals surface area contributed by atoms with Gasteiger partial charge < -0.3 is 24.4 Å². The van der Waals surface area contributed by atoms with E-state index in [0.717, 1.165) is 0 Å². The lowest BCUT2D eigenvalue weighted by Crippen LogP contribution is -2.61. The molecule has 4 aliphatic rings. The van der Waals surface area contributed by atoms with Gasteiger partial charge in [0.25, 0.3) is 0 Å². The average Bonchev–Trinajstić information content (AvgIpc) is 3.02. The van der Waals surface area contributed by atoms with E-state index < -0.39 is 46.6 Å². The lowest BCUT2D eigenvalue weighted by molar-refractivity contribution is -0.163. The molecule has 6 atom stereocenters. The third-order valence-corrected chi connectivity index (χ3v) is 7.34. The summed E-state index contributed by atoms with van der Waals surface area (Å²) in [7, 11) is 0. The number of ether oxygens (including phenoxy) is 2. The van der Waals surface area contributed by atoms with Crippen LogP contribution in [-0.4, -0.2) is 81.3 Å². The Hall–Kier alpha value is -2.19. The number of aliphatic hydroxyl groups is 1. The molecule has 0 radical (unpaired) electrons. The predicted molar refractivity (Wildman–Crippen MR) is 116 cm³/mol. The van der Waals surface area contributed by atoms with E-state index in [9.17, 15) is 19.5 Å². The quantitative estimate of drug-likeness (QED) is 0.520. The van der Waals surface area contributed by atoms with Gasteiger partial charge in [-0.1, -0.05) is 31.2 Å². The van der Waals surface area contributed by atoms with Gasteiger partial charge in [-0.15, -0.1) is 0 Å². The number of cyclic esters (lactones) is 1. The Morgan fingerprint density at radius 1 is 1.16 bits per heavy atom. The maximum Gasteiger partial charge on any atom is 0.313 e. The van der Waals surface area contributed by atoms with Crippen molar-refractivity contribution in [3.05, 3.63) is 24.3 Å². The first-order valence-corrected chi connectivity index (χ1v) is 11.5. The van der Waals surface area contributed by atoms with E-state index in [1.807, 2.05) is 52.0 Å². The summed E-state index contributed by atoms with van der Waals surface area (Å²) in [5.74, 6) is -2.85. The summed E-state index contributed by atoms with van der Waals surface area (Å²) < 4.78 is 12.1. The Kier molecular flexibility index (Phi) is 5.53. The fourth-order valence-corrected chi connectivity index (χ4v) is 5.84. The van der Waals surface area contributed by atoms with Crippen LogP contribution in [-0.2, 0) is 23.9 Å². The summed E-state index contributed by atoms with van der Waals surface area (Å²) in [6.07, 6.45) is 8.46. The molecular formula is C24H34N2O6. The van der Waals surface area contributed by atoms with Crippen LogP contribution in [0.3, 0.4) is 0 Å². The van der Waals surface area contributed by atoms with Gasteiger partial charge in [-0.3, -0.25) is 14.4 Å². The molecule has 4 rings (SSSR count). The van der Waals surface area contributed by atoms with E-state index in [1.165, 1.54) is 4.90 Å². The third kappa shape index (κ3) is 3.14. The Morgan fingerprint density at radius 3 is 2.50 bits per heavy atom. The Balaban J connectivity index is 1.93. The van der Waals surface area contributed by atoms with Crippen LogP contribution in [0.25, 0.3) is 0 Å². The van der Waals surface area contributed by atoms with Gasteiger partial charge in [-0.05, 0) is 40.5 Å². The second-order valence-electron chi connectivity index (χ2n) is 10.4. The number of esters is 1. The number of hydrogen-bond acceptors (Lipinski definition) is 6. The molecule has 0 aromatic heterocycles. The van der Waals surface area contributed by atoms with Crippen LogP contribution in [0.5, 0.6) is 0 Å². The van der Waals surface area contributed by atoms with Crippen molar-refractivity contribution < 1.29 is 29.0 Å². The van der Waals surface area contributed by atoms with Crippen molar-refractivity contribution in [1.29, 1.82) is 0 Å². The molecule has 4 aliphatic heterocycles. The van der Waals surface area contributed by atoms with Crippen molar-refractivity contribution in [1.82, 2.24) is 9.80 Å². The molecule has 1 spiro atoms. The minimum atomic E-state index is -1.32. The van der Waals surface area contributed by atoms with E-state index in [4.69, 9.17) is 9.47 Å². The number of fused-ring (bicyclic) bond motifs is 2. The third-order valence-electron chi connectivity index (χ3n) is 7.34. The van der Waals surface area contributed by atoms with Crippen molar-refractivity contribution >= 4 is 17.8 Å². The minimum Gasteiger partial charge on any atom is -0.465 e. The molecule has 2 saturated heterocycles. The number of aliphatic hydroxyl groups excluding tert-OH is 1. The second kappa shape index (κ2) is 7.70. The topological polar surface area (TPSA) is 96.4 Å². The molecule has 4 heterocycles. The molecule has 0 saturated carbocycles. The van der Waals surface area contributed by atoms with Crippen molar-refractivity contribution in [2.75, 3.05) is 19.8 Å². The van der Waals surface area contributed by atoms with Crippen molar-refractivity contribution in [3.63, 3.8) is 0 Å². The zero-order valence-corrected chi connectivity index (χ0v) is 19.5. The summed E-state index contributed by atoms with van der Waals surface area (Å²) in [4.78, 5) is 44.3. The largest absolute Gasteiger partial charge is 0.465 e. The molecular weight excluding hydrogens is 412 g/mol. The highest BCUT2D eigenvalue weighted by Gasteiger charge is 2.75. The van der Waals surface area contributed by atoms with Crippen LogP contribution in [0.4, 0.5) is 0 Å². The number of carbonyl (C=O) groups excluding carboxylic acids is 3. The fraction of sp³-hybridized carbons (Fsp3) is 0.708. The molecule has 0 bridgehead atoms. The van der Waals surface area contributed by atoms with Crippen LogP contribution in [0, 0.1) is 11.8 Å². The van der Waals surface area contributed by atoms with Crippen LogP contribution in [0.15, 0.2) is 24.3 Å². The molecule has 32 heavy (non-hydrogen) atoms. The number of amides is 2. The van der Waals surface area contributed by atoms with Crippen LogP contribution in [0.2, 0.25) is 0 Å². The molecule has 2 fully saturated rings. The molecule has 176 valence electrons. The molecule has 8 heteroatoms. The van der Waals surface area contributed by atoms with E-state index in [2.05, 4.69) is 0 Å². The number of rotatable bonds is 3. The zero-order chi connectivity index (χ0) is 23.5. The number of hydrogen-bond donors (Lipinski definition) is 1. The fourth-order valence-electron chi connectivity index (χ4n) is 5.84. The second-order valence-corrected chi connectivity index (χ2v) is 10.4. The highest BCUT2D eigenvalue weighted by atomic mass is 16.6. The summed E-state index contributed by atoms with van der Waals surface area (Å²) in [5, 5.41) is 10.1. The molecule has 0 aromatic rings. The van der Waals surface area contributed by atoms with E-state index in [0.29, 0.717) is 19.4 Å². The lowest BCUT2D eigenvalue weighted by Gasteiger charge is -2.42. The first kappa shape index (κ1) is 23.0. The van der Waals surface area contributed by atoms with E-state index >= 15 is 0 Å². The minimum absolute atomic E-state index is 0.236. The van der Waals surface area contributed by atoms with Gasteiger partial charge in [-0.25, -0.2) is 0 Å². The van der Waals surface area contributed by atoms with Crippen LogP contribution < -0.4 is 0 Å². The van der Waals surface area contributed by atoms with Crippen molar-refractivity contribution in [2.24, 2.45) is 11.8 Å². The first-order valence-electron chi connectivity index (χ1n) is 11.5. The van der Waals surface area contributed by atoms with Crippen molar-refractivity contribution in [2.45, 2.75) is 76.3 Å². The smallest absolute Gasteiger partial charge is 0.313 e. The number of carbonyl (C=O) groups is 3. The van der Waals surface area contributed by atoms with Gasteiger partial charge in [0, 0.05) is 12.1 Å². The van der Waals surface area contributed by atoms with Gasteiger partial charge >= 0.3 is 5.97 Å². The summed E-state index contributed by atoms with van der Waals surface area (Å²) >= 11 is 0. The SMILES string of the molecule is CC[C@@H](CO)N1C(=O)[C@@H]2[C@@H]3C(=O)OCCC=C[C@]3(C)O[C@@]23C=CCN(C(C)(C)C)C(=O)C13. The van der Waals surface area contributed by atoms with Crippen LogP contribution >= 0.6 is 0 Å². The van der Waals surface area contributed by atoms with E-state index in [1.54, 1.807) is 11.8 Å². The molecule has 0 aromatic carbocycles. The maximum atomic E-state index is 14.0. The number of likely N-dealkylation sites (tertiary alicyclic amines) is 1. The Morgan fingerprint density at radius 2 is 1.88 bits per heavy atom. The molecule has 1 unspecified atom stereocenters. The number of nitrogens with zero attached hydrogens (tertiary/aromatic N) is 2. The first-order chi connectivity index (χ1) is 15.0. The van der Waals surface area contributed by atoms with Gasteiger partial charge in [0.15, 0.2) is 0 Å². The van der Waals surface area contributed by atoms with Gasteiger partial charge in [0.2, 0.25) is 11.8 Å². The molecule has 8 nitrogen and oxygen atoms in total. The lowest BCUT2D eigenvalue weighted by atomic mass is 9.74. The normalized spacial score (nSPS) is 37.9. The van der Waals surface area contributed by atoms with E-state index in [-0.39, 0.29) is 25.0 Å². The van der Waals surface area contributed by atoms with Crippen molar-refractivity contribution in [3.8, 4) is 0 Å². The molecule has 2 amide bonds. The highest BCUT2D eigenvalue weighted by molar-refractivity contribution is 5.99. The average molecular weight is 447 g/mol. The summed E-state index contributed by atoms with van der Waals surface area (Å²) in [5.41, 5.74) is -2.88. The zero-order valence-electron chi connectivity index (χ0n) is 19.5. The van der Waals surface area contributed by atoms with Gasteiger partial charge in [0.1, 0.15) is 17.6 Å². The Labute approximate surface area is 189 Å². The highest BCUT2D eigenvalue weighted by Crippen LogP contribution is 2.57. The monoisotopic (exact) mass is 446 g/mol. The van der Waals surface area contributed by atoms with Gasteiger partial charge in [0.05, 0.1) is 30.8 Å². The Bertz CT molecular complexity index is 872. The van der Waals surface area contributed by atoms with Crippen LogP contribution in [0.1, 0.15) is 47.5 Å².